The summed E-state index contributed by atoms with van der Waals surface area (Å²) in [7, 11) is -3.30. The van der Waals surface area contributed by atoms with Crippen LogP contribution in [0.3, 0.4) is 0 Å². The van der Waals surface area contributed by atoms with Crippen molar-refractivity contribution in [1.29, 1.82) is 0 Å². The largest absolute Gasteiger partial charge is 0.474 e. The maximum atomic E-state index is 11.7. The third kappa shape index (κ3) is 4.36. The molecule has 1 atom stereocenters. The second-order valence-corrected chi connectivity index (χ2v) is 6.31. The summed E-state index contributed by atoms with van der Waals surface area (Å²) in [4.78, 5) is 0. The average Bonchev–Trinajstić information content (AvgIpc) is 2.29. The van der Waals surface area contributed by atoms with E-state index in [9.17, 15) is 8.42 Å². The van der Waals surface area contributed by atoms with Crippen LogP contribution in [-0.4, -0.2) is 19.9 Å². The van der Waals surface area contributed by atoms with E-state index in [1.165, 1.54) is 0 Å². The van der Waals surface area contributed by atoms with Crippen LogP contribution in [0.15, 0.2) is 30.3 Å². The fourth-order valence-electron chi connectivity index (χ4n) is 1.17. The third-order valence-corrected chi connectivity index (χ3v) is 4.14. The molecule has 4 nitrogen and oxygen atoms in total. The second kappa shape index (κ2) is 6.02. The maximum Gasteiger partial charge on any atom is 0.216 e. The highest BCUT2D eigenvalue weighted by atomic mass is 32.2. The van der Waals surface area contributed by atoms with Gasteiger partial charge in [0.2, 0.25) is 10.0 Å². The van der Waals surface area contributed by atoms with Gasteiger partial charge in [0, 0.05) is 0 Å². The van der Waals surface area contributed by atoms with Gasteiger partial charge in [-0.05, 0) is 32.4 Å². The number of sulfonamides is 1. The van der Waals surface area contributed by atoms with Crippen molar-refractivity contribution in [2.75, 3.05) is 0 Å². The van der Waals surface area contributed by atoms with Gasteiger partial charge in [-0.25, -0.2) is 8.42 Å². The lowest BCUT2D eigenvalue weighted by molar-refractivity contribution is 0.185. The van der Waals surface area contributed by atoms with E-state index in [2.05, 4.69) is 4.72 Å². The zero-order valence-electron chi connectivity index (χ0n) is 10.4. The van der Waals surface area contributed by atoms with Crippen LogP contribution in [0.25, 0.3) is 0 Å². The first kappa shape index (κ1) is 14.0. The number of hydrogen-bond acceptors (Lipinski definition) is 3. The van der Waals surface area contributed by atoms with Crippen LogP contribution in [-0.2, 0) is 10.0 Å². The van der Waals surface area contributed by atoms with Gasteiger partial charge in [0.05, 0.1) is 5.25 Å². The predicted molar refractivity (Wildman–Crippen MR) is 68.3 cm³/mol. The quantitative estimate of drug-likeness (QED) is 0.794. The van der Waals surface area contributed by atoms with Gasteiger partial charge < -0.3 is 4.74 Å². The molecule has 96 valence electrons. The van der Waals surface area contributed by atoms with E-state index < -0.39 is 21.5 Å². The van der Waals surface area contributed by atoms with Crippen LogP contribution in [0.1, 0.15) is 27.2 Å². The Hall–Kier alpha value is -1.07. The average molecular weight is 257 g/mol. The summed E-state index contributed by atoms with van der Waals surface area (Å²) in [6, 6.07) is 9.17. The summed E-state index contributed by atoms with van der Waals surface area (Å²) in [5.41, 5.74) is 0. The van der Waals surface area contributed by atoms with Crippen molar-refractivity contribution in [3.63, 3.8) is 0 Å². The highest BCUT2D eigenvalue weighted by molar-refractivity contribution is 7.90. The van der Waals surface area contributed by atoms with Crippen LogP contribution in [0.5, 0.6) is 5.75 Å². The van der Waals surface area contributed by atoms with E-state index in [0.717, 1.165) is 0 Å². The molecule has 0 aliphatic carbocycles. The topological polar surface area (TPSA) is 55.4 Å². The number of rotatable bonds is 6. The number of benzene rings is 1. The molecular weight excluding hydrogens is 238 g/mol. The van der Waals surface area contributed by atoms with Crippen molar-refractivity contribution < 1.29 is 13.2 Å². The molecule has 1 aromatic carbocycles. The first-order chi connectivity index (χ1) is 7.95. The SMILES string of the molecule is CCC(NS(=O)(=O)C(C)C)Oc1ccccc1. The first-order valence-corrected chi connectivity index (χ1v) is 7.23. The van der Waals surface area contributed by atoms with Crippen molar-refractivity contribution in [3.05, 3.63) is 30.3 Å². The molecule has 17 heavy (non-hydrogen) atoms. The van der Waals surface area contributed by atoms with Gasteiger partial charge in [0.25, 0.3) is 0 Å². The van der Waals surface area contributed by atoms with E-state index >= 15 is 0 Å². The predicted octanol–water partition coefficient (Wildman–Crippen LogP) is 2.13. The molecule has 1 aromatic rings. The molecule has 0 heterocycles. The summed E-state index contributed by atoms with van der Waals surface area (Å²) in [5, 5.41) is -0.462. The van der Waals surface area contributed by atoms with E-state index in [-0.39, 0.29) is 0 Å². The van der Waals surface area contributed by atoms with Crippen molar-refractivity contribution in [3.8, 4) is 5.75 Å². The smallest absolute Gasteiger partial charge is 0.216 e. The van der Waals surface area contributed by atoms with Crippen LogP contribution in [0, 0.1) is 0 Å². The molecule has 1 unspecified atom stereocenters. The van der Waals surface area contributed by atoms with Crippen LogP contribution < -0.4 is 9.46 Å². The minimum absolute atomic E-state index is 0.462. The number of nitrogens with one attached hydrogen (secondary N) is 1. The Morgan fingerprint density at radius 2 is 1.82 bits per heavy atom. The van der Waals surface area contributed by atoms with Gasteiger partial charge in [0.15, 0.2) is 6.23 Å². The molecule has 5 heteroatoms. The van der Waals surface area contributed by atoms with Gasteiger partial charge >= 0.3 is 0 Å². The normalized spacial score (nSPS) is 13.6. The van der Waals surface area contributed by atoms with Gasteiger partial charge in [-0.3, -0.25) is 0 Å². The summed E-state index contributed by atoms with van der Waals surface area (Å²) < 4.78 is 31.5. The summed E-state index contributed by atoms with van der Waals surface area (Å²) in [5.74, 6) is 0.658. The lowest BCUT2D eigenvalue weighted by atomic mass is 10.3. The van der Waals surface area contributed by atoms with Gasteiger partial charge in [-0.1, -0.05) is 25.1 Å². The highest BCUT2D eigenvalue weighted by Crippen LogP contribution is 2.12. The fraction of sp³-hybridized carbons (Fsp3) is 0.500. The van der Waals surface area contributed by atoms with Crippen molar-refractivity contribution in [1.82, 2.24) is 4.72 Å². The molecule has 0 radical (unpaired) electrons. The Morgan fingerprint density at radius 1 is 1.24 bits per heavy atom. The zero-order valence-corrected chi connectivity index (χ0v) is 11.2. The Morgan fingerprint density at radius 3 is 2.29 bits per heavy atom. The van der Waals surface area contributed by atoms with E-state index in [1.807, 2.05) is 25.1 Å². The number of ether oxygens (including phenoxy) is 1. The van der Waals surface area contributed by atoms with Crippen molar-refractivity contribution in [2.45, 2.75) is 38.7 Å². The fourth-order valence-corrected chi connectivity index (χ4v) is 2.03. The van der Waals surface area contributed by atoms with Crippen LogP contribution in [0.4, 0.5) is 0 Å². The lowest BCUT2D eigenvalue weighted by Gasteiger charge is -2.20. The summed E-state index contributed by atoms with van der Waals surface area (Å²) in [6.45, 7) is 5.14. The molecule has 0 fully saturated rings. The molecular formula is C12H19NO3S. The van der Waals surface area contributed by atoms with Crippen LogP contribution in [0.2, 0.25) is 0 Å². The minimum atomic E-state index is -3.30. The molecule has 0 aliphatic rings. The molecule has 1 N–H and O–H groups in total. The first-order valence-electron chi connectivity index (χ1n) is 5.68. The van der Waals surface area contributed by atoms with E-state index in [4.69, 9.17) is 4.74 Å². The molecule has 0 bridgehead atoms. The Kier molecular flexibility index (Phi) is 4.96. The summed E-state index contributed by atoms with van der Waals surface area (Å²) >= 11 is 0. The lowest BCUT2D eigenvalue weighted by Crippen LogP contribution is -2.42. The van der Waals surface area contributed by atoms with Crippen molar-refractivity contribution in [2.24, 2.45) is 0 Å². The molecule has 0 aromatic heterocycles. The van der Waals surface area contributed by atoms with Gasteiger partial charge in [0.1, 0.15) is 5.75 Å². The molecule has 0 spiro atoms. The molecule has 0 amide bonds. The molecule has 0 saturated carbocycles. The summed E-state index contributed by atoms with van der Waals surface area (Å²) in [6.07, 6.45) is 0.0469. The molecule has 1 rings (SSSR count). The van der Waals surface area contributed by atoms with Gasteiger partial charge in [-0.15, -0.1) is 0 Å². The third-order valence-electron chi connectivity index (χ3n) is 2.31. The number of hydrogen-bond donors (Lipinski definition) is 1. The van der Waals surface area contributed by atoms with Crippen LogP contribution >= 0.6 is 0 Å². The minimum Gasteiger partial charge on any atom is -0.474 e. The molecule has 0 aliphatic heterocycles. The number of para-hydroxylation sites is 1. The monoisotopic (exact) mass is 257 g/mol. The Bertz CT molecular complexity index is 428. The maximum absolute atomic E-state index is 11.7. The van der Waals surface area contributed by atoms with E-state index in [0.29, 0.717) is 12.2 Å². The Balaban J connectivity index is 2.68. The van der Waals surface area contributed by atoms with Crippen molar-refractivity contribution >= 4 is 10.0 Å². The molecule has 0 saturated heterocycles. The second-order valence-electron chi connectivity index (χ2n) is 4.04. The van der Waals surface area contributed by atoms with E-state index in [1.54, 1.807) is 26.0 Å². The Labute approximate surface area is 103 Å². The highest BCUT2D eigenvalue weighted by Gasteiger charge is 2.21. The zero-order chi connectivity index (χ0) is 12.9. The standard InChI is InChI=1S/C12H19NO3S/c1-4-12(13-17(14,15)10(2)3)16-11-8-6-5-7-9-11/h5-10,12-13H,4H2,1-3H3. The van der Waals surface area contributed by atoms with Gasteiger partial charge in [-0.2, -0.15) is 4.72 Å².